The highest BCUT2D eigenvalue weighted by Gasteiger charge is 2.41. The highest BCUT2D eigenvalue weighted by Crippen LogP contribution is 2.49. The van der Waals surface area contributed by atoms with E-state index < -0.39 is 0 Å². The maximum absolute atomic E-state index is 4.22. The summed E-state index contributed by atoms with van der Waals surface area (Å²) in [5, 5.41) is 6.43. The fourth-order valence-corrected chi connectivity index (χ4v) is 2.09. The maximum atomic E-state index is 4.22. The number of nitrogens with one attached hydrogen (secondary N) is 2. The van der Waals surface area contributed by atoms with E-state index in [0.29, 0.717) is 5.41 Å². The lowest BCUT2D eigenvalue weighted by molar-refractivity contribution is 0.485. The van der Waals surface area contributed by atoms with Gasteiger partial charge in [0.25, 0.3) is 0 Å². The van der Waals surface area contributed by atoms with Crippen LogP contribution in [0.4, 0.5) is 11.6 Å². The molecule has 1 aliphatic carbocycles. The number of rotatable bonds is 6. The van der Waals surface area contributed by atoms with Crippen LogP contribution < -0.4 is 10.6 Å². The van der Waals surface area contributed by atoms with Gasteiger partial charge in [0, 0.05) is 19.7 Å². The molecule has 4 nitrogen and oxygen atoms in total. The molecular weight excluding hydrogens is 200 g/mol. The standard InChI is InChI=1S/C12H20N4/c1-3-4-12(5-6-12)8-14-11-7-10(13-2)15-9-16-11/h7,9H,3-6,8H2,1-2H3,(H2,13,14,15,16). The Morgan fingerprint density at radius 3 is 2.69 bits per heavy atom. The van der Waals surface area contributed by atoms with E-state index >= 15 is 0 Å². The molecule has 0 spiro atoms. The Morgan fingerprint density at radius 1 is 1.31 bits per heavy atom. The van der Waals surface area contributed by atoms with Gasteiger partial charge in [0.2, 0.25) is 0 Å². The third kappa shape index (κ3) is 2.62. The number of aromatic nitrogens is 2. The van der Waals surface area contributed by atoms with Gasteiger partial charge in [0.05, 0.1) is 0 Å². The van der Waals surface area contributed by atoms with Crippen LogP contribution in [-0.2, 0) is 0 Å². The van der Waals surface area contributed by atoms with Crippen LogP contribution in [0.25, 0.3) is 0 Å². The Hall–Kier alpha value is -1.32. The van der Waals surface area contributed by atoms with Crippen LogP contribution in [0.1, 0.15) is 32.6 Å². The predicted molar refractivity (Wildman–Crippen MR) is 66.6 cm³/mol. The van der Waals surface area contributed by atoms with Gasteiger partial charge in [-0.1, -0.05) is 13.3 Å². The zero-order valence-electron chi connectivity index (χ0n) is 10.1. The minimum absolute atomic E-state index is 0.555. The second-order valence-electron chi connectivity index (χ2n) is 4.64. The third-order valence-electron chi connectivity index (χ3n) is 3.31. The molecule has 0 atom stereocenters. The molecule has 0 saturated heterocycles. The summed E-state index contributed by atoms with van der Waals surface area (Å²) >= 11 is 0. The quantitative estimate of drug-likeness (QED) is 0.773. The molecule has 0 aliphatic heterocycles. The molecule has 1 aromatic rings. The molecule has 88 valence electrons. The van der Waals surface area contributed by atoms with Crippen LogP contribution in [0.5, 0.6) is 0 Å². The number of anilines is 2. The lowest BCUT2D eigenvalue weighted by Crippen LogP contribution is -2.16. The van der Waals surface area contributed by atoms with Crippen LogP contribution in [0.2, 0.25) is 0 Å². The van der Waals surface area contributed by atoms with Crippen molar-refractivity contribution in [2.45, 2.75) is 32.6 Å². The van der Waals surface area contributed by atoms with E-state index in [4.69, 9.17) is 0 Å². The van der Waals surface area contributed by atoms with Crippen molar-refractivity contribution in [2.24, 2.45) is 5.41 Å². The summed E-state index contributed by atoms with van der Waals surface area (Å²) in [6.07, 6.45) is 6.90. The molecule has 1 saturated carbocycles. The number of hydrogen-bond donors (Lipinski definition) is 2. The molecule has 16 heavy (non-hydrogen) atoms. The molecule has 1 fully saturated rings. The Balaban J connectivity index is 1.89. The lowest BCUT2D eigenvalue weighted by atomic mass is 10.0. The molecule has 0 amide bonds. The molecule has 1 aliphatic rings. The fourth-order valence-electron chi connectivity index (χ4n) is 2.09. The van der Waals surface area contributed by atoms with Gasteiger partial charge in [-0.25, -0.2) is 9.97 Å². The number of hydrogen-bond acceptors (Lipinski definition) is 4. The zero-order chi connectivity index (χ0) is 11.4. The zero-order valence-corrected chi connectivity index (χ0v) is 10.1. The van der Waals surface area contributed by atoms with E-state index in [1.54, 1.807) is 6.33 Å². The number of nitrogens with zero attached hydrogens (tertiary/aromatic N) is 2. The van der Waals surface area contributed by atoms with Crippen LogP contribution in [-0.4, -0.2) is 23.6 Å². The van der Waals surface area contributed by atoms with Crippen molar-refractivity contribution < 1.29 is 0 Å². The van der Waals surface area contributed by atoms with Crippen molar-refractivity contribution in [3.05, 3.63) is 12.4 Å². The predicted octanol–water partition coefficient (Wildman–Crippen LogP) is 2.51. The van der Waals surface area contributed by atoms with Gasteiger partial charge in [-0.15, -0.1) is 0 Å². The van der Waals surface area contributed by atoms with E-state index in [1.165, 1.54) is 25.7 Å². The minimum atomic E-state index is 0.555. The van der Waals surface area contributed by atoms with Crippen molar-refractivity contribution in [3.8, 4) is 0 Å². The minimum Gasteiger partial charge on any atom is -0.373 e. The Labute approximate surface area is 96.9 Å². The lowest BCUT2D eigenvalue weighted by Gasteiger charge is -2.15. The van der Waals surface area contributed by atoms with E-state index in [-0.39, 0.29) is 0 Å². The molecule has 1 aromatic heterocycles. The third-order valence-corrected chi connectivity index (χ3v) is 3.31. The van der Waals surface area contributed by atoms with Gasteiger partial charge < -0.3 is 10.6 Å². The van der Waals surface area contributed by atoms with Crippen molar-refractivity contribution in [2.75, 3.05) is 24.2 Å². The van der Waals surface area contributed by atoms with Crippen molar-refractivity contribution in [1.29, 1.82) is 0 Å². The largest absolute Gasteiger partial charge is 0.373 e. The van der Waals surface area contributed by atoms with E-state index in [9.17, 15) is 0 Å². The average molecular weight is 220 g/mol. The van der Waals surface area contributed by atoms with Gasteiger partial charge in [-0.05, 0) is 24.7 Å². The summed E-state index contributed by atoms with van der Waals surface area (Å²) in [4.78, 5) is 8.31. The van der Waals surface area contributed by atoms with Crippen LogP contribution in [0.15, 0.2) is 12.4 Å². The van der Waals surface area contributed by atoms with Crippen LogP contribution in [0, 0.1) is 5.41 Å². The molecule has 0 bridgehead atoms. The first-order chi connectivity index (χ1) is 7.78. The second kappa shape index (κ2) is 4.68. The van der Waals surface area contributed by atoms with Gasteiger partial charge in [-0.2, -0.15) is 0 Å². The van der Waals surface area contributed by atoms with Crippen LogP contribution in [0.3, 0.4) is 0 Å². The topological polar surface area (TPSA) is 49.8 Å². The molecule has 0 aromatic carbocycles. The highest BCUT2D eigenvalue weighted by atomic mass is 15.1. The van der Waals surface area contributed by atoms with Gasteiger partial charge in [0.1, 0.15) is 18.0 Å². The molecule has 2 N–H and O–H groups in total. The van der Waals surface area contributed by atoms with E-state index in [0.717, 1.165) is 18.2 Å². The normalized spacial score (nSPS) is 16.9. The Morgan fingerprint density at radius 2 is 2.06 bits per heavy atom. The fraction of sp³-hybridized carbons (Fsp3) is 0.667. The Kier molecular flexibility index (Phi) is 3.27. The van der Waals surface area contributed by atoms with Crippen molar-refractivity contribution in [1.82, 2.24) is 9.97 Å². The molecule has 1 heterocycles. The first-order valence-electron chi connectivity index (χ1n) is 6.02. The summed E-state index contributed by atoms with van der Waals surface area (Å²) in [5.41, 5.74) is 0.555. The summed E-state index contributed by atoms with van der Waals surface area (Å²) < 4.78 is 0. The second-order valence-corrected chi connectivity index (χ2v) is 4.64. The molecule has 4 heteroatoms. The van der Waals surface area contributed by atoms with E-state index in [1.807, 2.05) is 13.1 Å². The Bertz CT molecular complexity index is 347. The highest BCUT2D eigenvalue weighted by molar-refractivity contribution is 5.46. The molecular formula is C12H20N4. The van der Waals surface area contributed by atoms with Gasteiger partial charge >= 0.3 is 0 Å². The summed E-state index contributed by atoms with van der Waals surface area (Å²) in [6, 6.07) is 1.95. The smallest absolute Gasteiger partial charge is 0.131 e. The molecule has 2 rings (SSSR count). The first-order valence-corrected chi connectivity index (χ1v) is 6.02. The molecule has 0 radical (unpaired) electrons. The summed E-state index contributed by atoms with van der Waals surface area (Å²) in [7, 11) is 1.87. The molecule has 0 unspecified atom stereocenters. The van der Waals surface area contributed by atoms with E-state index in [2.05, 4.69) is 27.5 Å². The van der Waals surface area contributed by atoms with Crippen molar-refractivity contribution in [3.63, 3.8) is 0 Å². The summed E-state index contributed by atoms with van der Waals surface area (Å²) in [6.45, 7) is 3.30. The van der Waals surface area contributed by atoms with Gasteiger partial charge in [-0.3, -0.25) is 0 Å². The van der Waals surface area contributed by atoms with Crippen LogP contribution >= 0.6 is 0 Å². The maximum Gasteiger partial charge on any atom is 0.131 e. The van der Waals surface area contributed by atoms with Crippen molar-refractivity contribution >= 4 is 11.6 Å². The SMILES string of the molecule is CCCC1(CNc2cc(NC)ncn2)CC1. The first kappa shape index (κ1) is 11.2. The monoisotopic (exact) mass is 220 g/mol. The van der Waals surface area contributed by atoms with Gasteiger partial charge in [0.15, 0.2) is 0 Å². The summed E-state index contributed by atoms with van der Waals surface area (Å²) in [5.74, 6) is 1.78. The average Bonchev–Trinajstić information content (AvgIpc) is 3.08.